The summed E-state index contributed by atoms with van der Waals surface area (Å²) in [6.45, 7) is 0.224. The van der Waals surface area contributed by atoms with Crippen LogP contribution in [0.4, 0.5) is 5.82 Å². The summed E-state index contributed by atoms with van der Waals surface area (Å²) >= 11 is 1.53. The normalized spacial score (nSPS) is 10.4. The first kappa shape index (κ1) is 13.3. The van der Waals surface area contributed by atoms with Crippen LogP contribution in [0, 0.1) is 0 Å². The molecule has 0 aliphatic heterocycles. The Hall–Kier alpha value is -2.16. The first-order chi connectivity index (χ1) is 9.17. The van der Waals surface area contributed by atoms with Gasteiger partial charge in [-0.1, -0.05) is 5.21 Å². The van der Waals surface area contributed by atoms with E-state index in [0.29, 0.717) is 18.1 Å². The van der Waals surface area contributed by atoms with Gasteiger partial charge < -0.3 is 10.4 Å². The smallest absolute Gasteiger partial charge is 0.325 e. The van der Waals surface area contributed by atoms with E-state index in [-0.39, 0.29) is 6.54 Å². The van der Waals surface area contributed by atoms with Crippen molar-refractivity contribution in [2.75, 3.05) is 11.6 Å². The molecule has 0 amide bonds. The van der Waals surface area contributed by atoms with E-state index in [4.69, 9.17) is 5.11 Å². The molecule has 19 heavy (non-hydrogen) atoms. The summed E-state index contributed by atoms with van der Waals surface area (Å²) in [6, 6.07) is 1.83. The number of nitrogens with one attached hydrogen (secondary N) is 1. The Kier molecular flexibility index (Phi) is 4.29. The number of rotatable bonds is 6. The molecule has 8 nitrogen and oxygen atoms in total. The van der Waals surface area contributed by atoms with Crippen LogP contribution in [0.2, 0.25) is 0 Å². The molecule has 2 N–H and O–H groups in total. The summed E-state index contributed by atoms with van der Waals surface area (Å²) < 4.78 is 1.27. The molecule has 0 unspecified atom stereocenters. The second-order valence-corrected chi connectivity index (χ2v) is 4.43. The third-order valence-corrected chi connectivity index (χ3v) is 2.83. The monoisotopic (exact) mass is 280 g/mol. The predicted octanol–water partition coefficient (Wildman–Crippen LogP) is 0.487. The molecule has 2 rings (SSSR count). The van der Waals surface area contributed by atoms with Gasteiger partial charge in [-0.2, -0.15) is 0 Å². The van der Waals surface area contributed by atoms with Crippen molar-refractivity contribution in [1.29, 1.82) is 0 Å². The van der Waals surface area contributed by atoms with E-state index in [1.54, 1.807) is 6.20 Å². The van der Waals surface area contributed by atoms with Crippen molar-refractivity contribution in [1.82, 2.24) is 25.0 Å². The molecule has 0 aliphatic rings. The van der Waals surface area contributed by atoms with Gasteiger partial charge in [-0.3, -0.25) is 4.79 Å². The van der Waals surface area contributed by atoms with Crippen LogP contribution in [0.15, 0.2) is 23.6 Å². The highest BCUT2D eigenvalue weighted by atomic mass is 32.2. The van der Waals surface area contributed by atoms with E-state index in [1.807, 2.05) is 12.3 Å². The number of aromatic nitrogens is 5. The number of aliphatic carboxylic acids is 1. The highest BCUT2D eigenvalue weighted by Crippen LogP contribution is 2.13. The van der Waals surface area contributed by atoms with Crippen molar-refractivity contribution < 1.29 is 9.90 Å². The molecular weight excluding hydrogens is 268 g/mol. The lowest BCUT2D eigenvalue weighted by Crippen LogP contribution is -2.09. The van der Waals surface area contributed by atoms with E-state index in [1.165, 1.54) is 22.8 Å². The van der Waals surface area contributed by atoms with E-state index < -0.39 is 5.97 Å². The number of anilines is 1. The Balaban J connectivity index is 1.94. The highest BCUT2D eigenvalue weighted by Gasteiger charge is 2.04. The zero-order valence-corrected chi connectivity index (χ0v) is 11.0. The van der Waals surface area contributed by atoms with Gasteiger partial charge in [-0.05, 0) is 6.26 Å². The topological polar surface area (TPSA) is 106 Å². The molecule has 0 aromatic carbocycles. The van der Waals surface area contributed by atoms with Crippen molar-refractivity contribution in [3.8, 4) is 0 Å². The molecule has 9 heteroatoms. The predicted molar refractivity (Wildman–Crippen MR) is 68.8 cm³/mol. The first-order valence-electron chi connectivity index (χ1n) is 5.38. The second kappa shape index (κ2) is 6.14. The fourth-order valence-electron chi connectivity index (χ4n) is 1.36. The van der Waals surface area contributed by atoms with Gasteiger partial charge in [-0.25, -0.2) is 14.6 Å². The van der Waals surface area contributed by atoms with Crippen LogP contribution in [0.25, 0.3) is 0 Å². The molecule has 100 valence electrons. The van der Waals surface area contributed by atoms with Crippen LogP contribution in [0.5, 0.6) is 0 Å². The standard InChI is InChI=1S/C10H12N6O2S/c1-19-9-2-8(12-6-13-9)11-3-7-4-16(15-14-7)5-10(17)18/h2,4,6H,3,5H2,1H3,(H,17,18)(H,11,12,13). The van der Waals surface area contributed by atoms with Crippen molar-refractivity contribution in [3.63, 3.8) is 0 Å². The van der Waals surface area contributed by atoms with E-state index in [2.05, 4.69) is 25.6 Å². The fraction of sp³-hybridized carbons (Fsp3) is 0.300. The molecule has 2 heterocycles. The van der Waals surface area contributed by atoms with Crippen LogP contribution in [0.1, 0.15) is 5.69 Å². The zero-order chi connectivity index (χ0) is 13.7. The average Bonchev–Trinajstić information content (AvgIpc) is 2.83. The van der Waals surface area contributed by atoms with Gasteiger partial charge in [0.05, 0.1) is 12.7 Å². The maximum Gasteiger partial charge on any atom is 0.325 e. The van der Waals surface area contributed by atoms with E-state index in [9.17, 15) is 4.79 Å². The SMILES string of the molecule is CSc1cc(NCc2cn(CC(=O)O)nn2)ncn1. The maximum absolute atomic E-state index is 10.5. The molecular formula is C10H12N6O2S. The highest BCUT2D eigenvalue weighted by molar-refractivity contribution is 7.98. The van der Waals surface area contributed by atoms with Crippen LogP contribution in [0.3, 0.4) is 0 Å². The Morgan fingerprint density at radius 2 is 2.37 bits per heavy atom. The molecule has 2 aromatic rings. The van der Waals surface area contributed by atoms with Gasteiger partial charge >= 0.3 is 5.97 Å². The minimum Gasteiger partial charge on any atom is -0.480 e. The number of carboxylic acids is 1. The average molecular weight is 280 g/mol. The van der Waals surface area contributed by atoms with Crippen LogP contribution in [-0.2, 0) is 17.9 Å². The van der Waals surface area contributed by atoms with Crippen LogP contribution >= 0.6 is 11.8 Å². The summed E-state index contributed by atoms with van der Waals surface area (Å²) in [5.74, 6) is -0.267. The Morgan fingerprint density at radius 3 is 3.11 bits per heavy atom. The number of hydrogen-bond donors (Lipinski definition) is 2. The summed E-state index contributed by atoms with van der Waals surface area (Å²) in [7, 11) is 0. The second-order valence-electron chi connectivity index (χ2n) is 3.60. The molecule has 0 saturated carbocycles. The summed E-state index contributed by atoms with van der Waals surface area (Å²) in [4.78, 5) is 18.6. The van der Waals surface area contributed by atoms with Gasteiger partial charge in [-0.15, -0.1) is 16.9 Å². The molecule has 0 saturated heterocycles. The van der Waals surface area contributed by atoms with E-state index >= 15 is 0 Å². The number of carbonyl (C=O) groups is 1. The first-order valence-corrected chi connectivity index (χ1v) is 6.60. The fourth-order valence-corrected chi connectivity index (χ4v) is 1.75. The third kappa shape index (κ3) is 3.91. The molecule has 0 fully saturated rings. The summed E-state index contributed by atoms with van der Waals surface area (Å²) in [5.41, 5.74) is 0.644. The van der Waals surface area contributed by atoms with Crippen molar-refractivity contribution >= 4 is 23.5 Å². The minimum absolute atomic E-state index is 0.197. The largest absolute Gasteiger partial charge is 0.480 e. The summed E-state index contributed by atoms with van der Waals surface area (Å²) in [6.07, 6.45) is 5.00. The quantitative estimate of drug-likeness (QED) is 0.581. The van der Waals surface area contributed by atoms with Crippen molar-refractivity contribution in [3.05, 3.63) is 24.3 Å². The third-order valence-electron chi connectivity index (χ3n) is 2.19. The Morgan fingerprint density at radius 1 is 1.53 bits per heavy atom. The number of carboxylic acid groups (broad SMARTS) is 1. The molecule has 0 atom stereocenters. The lowest BCUT2D eigenvalue weighted by Gasteiger charge is -2.03. The van der Waals surface area contributed by atoms with E-state index in [0.717, 1.165) is 5.03 Å². The maximum atomic E-state index is 10.5. The number of hydrogen-bond acceptors (Lipinski definition) is 7. The molecule has 0 aliphatic carbocycles. The van der Waals surface area contributed by atoms with Gasteiger partial charge in [0.15, 0.2) is 0 Å². The lowest BCUT2D eigenvalue weighted by molar-refractivity contribution is -0.137. The lowest BCUT2D eigenvalue weighted by atomic mass is 10.4. The Bertz CT molecular complexity index is 573. The number of thioether (sulfide) groups is 1. The molecule has 0 spiro atoms. The van der Waals surface area contributed by atoms with Crippen molar-refractivity contribution in [2.24, 2.45) is 0 Å². The van der Waals surface area contributed by atoms with Gasteiger partial charge in [0, 0.05) is 6.07 Å². The minimum atomic E-state index is -0.954. The van der Waals surface area contributed by atoms with Crippen LogP contribution < -0.4 is 5.32 Å². The molecule has 0 radical (unpaired) electrons. The summed E-state index contributed by atoms with van der Waals surface area (Å²) in [5, 5.41) is 20.1. The van der Waals surface area contributed by atoms with Crippen molar-refractivity contribution in [2.45, 2.75) is 18.1 Å². The zero-order valence-electron chi connectivity index (χ0n) is 10.1. The van der Waals surface area contributed by atoms with Gasteiger partial charge in [0.25, 0.3) is 0 Å². The van der Waals surface area contributed by atoms with Gasteiger partial charge in [0.1, 0.15) is 29.4 Å². The number of nitrogens with zero attached hydrogens (tertiary/aromatic N) is 5. The van der Waals surface area contributed by atoms with Gasteiger partial charge in [0.2, 0.25) is 0 Å². The molecule has 2 aromatic heterocycles. The Labute approximate surface area is 113 Å². The van der Waals surface area contributed by atoms with Crippen LogP contribution in [-0.4, -0.2) is 42.3 Å². The molecule has 0 bridgehead atoms.